The van der Waals surface area contributed by atoms with Crippen molar-refractivity contribution in [3.05, 3.63) is 58.2 Å². The van der Waals surface area contributed by atoms with Crippen LogP contribution >= 0.6 is 11.6 Å². The lowest BCUT2D eigenvalue weighted by Crippen LogP contribution is -2.29. The maximum atomic E-state index is 13.4. The summed E-state index contributed by atoms with van der Waals surface area (Å²) in [5.74, 6) is -3.91. The highest BCUT2D eigenvalue weighted by molar-refractivity contribution is 7.89. The molecule has 26 heavy (non-hydrogen) atoms. The van der Waals surface area contributed by atoms with Crippen LogP contribution in [0.2, 0.25) is 5.02 Å². The van der Waals surface area contributed by atoms with Gasteiger partial charge in [0, 0.05) is 24.1 Å². The van der Waals surface area contributed by atoms with Crippen LogP contribution in [0, 0.1) is 0 Å². The SMILES string of the molecule is CC(F)(F)c1cc(OCc2ccc(C(=O)NS(C)(=O)=O)cc2)ncc1Cl. The fraction of sp³-hybridized carbons (Fsp3) is 0.250. The number of rotatable bonds is 6. The van der Waals surface area contributed by atoms with Gasteiger partial charge in [0.1, 0.15) is 6.61 Å². The zero-order valence-corrected chi connectivity index (χ0v) is 15.4. The number of aromatic nitrogens is 1. The number of alkyl halides is 2. The van der Waals surface area contributed by atoms with Gasteiger partial charge in [-0.25, -0.2) is 26.9 Å². The number of carbonyl (C=O) groups is 1. The van der Waals surface area contributed by atoms with Crippen LogP contribution in [-0.4, -0.2) is 25.6 Å². The van der Waals surface area contributed by atoms with Crippen LogP contribution in [-0.2, 0) is 22.6 Å². The third-order valence-electron chi connectivity index (χ3n) is 3.18. The molecule has 0 aliphatic carbocycles. The first-order chi connectivity index (χ1) is 12.0. The van der Waals surface area contributed by atoms with Crippen molar-refractivity contribution in [3.63, 3.8) is 0 Å². The number of pyridine rings is 1. The molecule has 1 amide bonds. The van der Waals surface area contributed by atoms with Crippen molar-refractivity contribution in [2.45, 2.75) is 19.5 Å². The lowest BCUT2D eigenvalue weighted by atomic mass is 10.1. The second-order valence-electron chi connectivity index (χ2n) is 5.58. The Morgan fingerprint density at radius 1 is 1.31 bits per heavy atom. The van der Waals surface area contributed by atoms with E-state index < -0.39 is 27.4 Å². The third kappa shape index (κ3) is 5.63. The van der Waals surface area contributed by atoms with Gasteiger partial charge in [-0.3, -0.25) is 4.79 Å². The van der Waals surface area contributed by atoms with E-state index in [0.29, 0.717) is 5.56 Å². The molecule has 2 rings (SSSR count). The van der Waals surface area contributed by atoms with Crippen LogP contribution in [0.5, 0.6) is 5.88 Å². The molecule has 1 aromatic heterocycles. The maximum absolute atomic E-state index is 13.4. The predicted molar refractivity (Wildman–Crippen MR) is 91.9 cm³/mol. The molecule has 0 aliphatic heterocycles. The second-order valence-corrected chi connectivity index (χ2v) is 7.74. The second kappa shape index (κ2) is 7.55. The Morgan fingerprint density at radius 2 is 1.92 bits per heavy atom. The summed E-state index contributed by atoms with van der Waals surface area (Å²) < 4.78 is 56.2. The minimum atomic E-state index is -3.65. The molecule has 0 saturated heterocycles. The van der Waals surface area contributed by atoms with E-state index in [1.165, 1.54) is 12.1 Å². The molecule has 0 bridgehead atoms. The summed E-state index contributed by atoms with van der Waals surface area (Å²) in [5, 5.41) is -0.161. The Morgan fingerprint density at radius 3 is 2.46 bits per heavy atom. The van der Waals surface area contributed by atoms with Crippen molar-refractivity contribution in [1.29, 1.82) is 0 Å². The van der Waals surface area contributed by atoms with E-state index in [-0.39, 0.29) is 23.1 Å². The molecule has 0 fully saturated rings. The van der Waals surface area contributed by atoms with E-state index in [2.05, 4.69) is 4.98 Å². The van der Waals surface area contributed by atoms with Crippen molar-refractivity contribution in [3.8, 4) is 5.88 Å². The quantitative estimate of drug-likeness (QED) is 0.799. The number of hydrogen-bond donors (Lipinski definition) is 1. The van der Waals surface area contributed by atoms with Crippen molar-refractivity contribution in [1.82, 2.24) is 9.71 Å². The molecule has 1 N–H and O–H groups in total. The van der Waals surface area contributed by atoms with Crippen LogP contribution in [0.1, 0.15) is 28.4 Å². The van der Waals surface area contributed by atoms with E-state index in [4.69, 9.17) is 16.3 Å². The molecule has 1 heterocycles. The normalized spacial score (nSPS) is 11.9. The summed E-state index contributed by atoms with van der Waals surface area (Å²) in [7, 11) is -3.65. The lowest BCUT2D eigenvalue weighted by Gasteiger charge is -2.14. The molecular weight excluding hydrogens is 390 g/mol. The molecule has 1 aromatic carbocycles. The lowest BCUT2D eigenvalue weighted by molar-refractivity contribution is 0.0171. The molecule has 0 saturated carbocycles. The van der Waals surface area contributed by atoms with E-state index in [1.54, 1.807) is 12.1 Å². The number of hydrogen-bond acceptors (Lipinski definition) is 5. The Bertz CT molecular complexity index is 913. The average Bonchev–Trinajstić information content (AvgIpc) is 2.52. The minimum absolute atomic E-state index is 0.0112. The fourth-order valence-corrected chi connectivity index (χ4v) is 2.70. The number of sulfonamides is 1. The first kappa shape index (κ1) is 20.1. The maximum Gasteiger partial charge on any atom is 0.272 e. The number of amides is 1. The minimum Gasteiger partial charge on any atom is -0.473 e. The third-order valence-corrected chi connectivity index (χ3v) is 4.04. The average molecular weight is 405 g/mol. The zero-order valence-electron chi connectivity index (χ0n) is 13.8. The van der Waals surface area contributed by atoms with Crippen LogP contribution in [0.4, 0.5) is 8.78 Å². The monoisotopic (exact) mass is 404 g/mol. The molecule has 140 valence electrons. The van der Waals surface area contributed by atoms with Gasteiger partial charge < -0.3 is 4.74 Å². The van der Waals surface area contributed by atoms with E-state index in [0.717, 1.165) is 25.4 Å². The zero-order chi connectivity index (χ0) is 19.5. The Hall–Kier alpha value is -2.26. The van der Waals surface area contributed by atoms with Gasteiger partial charge in [0.15, 0.2) is 0 Å². The van der Waals surface area contributed by atoms with Gasteiger partial charge in [0.25, 0.3) is 11.8 Å². The fourth-order valence-electron chi connectivity index (χ4n) is 1.97. The molecule has 0 unspecified atom stereocenters. The number of carbonyl (C=O) groups excluding carboxylic acids is 1. The van der Waals surface area contributed by atoms with Crippen LogP contribution < -0.4 is 9.46 Å². The highest BCUT2D eigenvalue weighted by Crippen LogP contribution is 2.34. The largest absolute Gasteiger partial charge is 0.473 e. The highest BCUT2D eigenvalue weighted by Gasteiger charge is 2.28. The molecule has 0 aliphatic rings. The van der Waals surface area contributed by atoms with Gasteiger partial charge in [-0.15, -0.1) is 0 Å². The summed E-state index contributed by atoms with van der Waals surface area (Å²) in [6, 6.07) is 6.99. The number of benzene rings is 1. The standard InChI is InChI=1S/C16H15ClF2N2O4S/c1-16(18,19)12-7-14(20-8-13(12)17)25-9-10-3-5-11(6-4-10)15(22)21-26(2,23)24/h3-8H,9H2,1-2H3,(H,21,22). The van der Waals surface area contributed by atoms with Gasteiger partial charge in [-0.05, 0) is 17.7 Å². The highest BCUT2D eigenvalue weighted by atomic mass is 35.5. The van der Waals surface area contributed by atoms with Crippen LogP contribution in [0.15, 0.2) is 36.5 Å². The van der Waals surface area contributed by atoms with Crippen molar-refractivity contribution >= 4 is 27.5 Å². The number of ether oxygens (including phenoxy) is 1. The Kier molecular flexibility index (Phi) is 5.82. The number of nitrogens with one attached hydrogen (secondary N) is 1. The molecular formula is C16H15ClF2N2O4S. The van der Waals surface area contributed by atoms with E-state index >= 15 is 0 Å². The van der Waals surface area contributed by atoms with Gasteiger partial charge in [-0.1, -0.05) is 23.7 Å². The smallest absolute Gasteiger partial charge is 0.272 e. The number of nitrogens with zero attached hydrogens (tertiary/aromatic N) is 1. The molecule has 0 spiro atoms. The predicted octanol–water partition coefficient (Wildman–Crippen LogP) is 3.12. The van der Waals surface area contributed by atoms with Gasteiger partial charge in [0.05, 0.1) is 17.5 Å². The summed E-state index contributed by atoms with van der Waals surface area (Å²) in [5.41, 5.74) is 0.385. The first-order valence-corrected chi connectivity index (χ1v) is 9.50. The molecule has 0 radical (unpaired) electrons. The molecule has 10 heteroatoms. The summed E-state index contributed by atoms with van der Waals surface area (Å²) in [6.45, 7) is 0.732. The molecule has 6 nitrogen and oxygen atoms in total. The molecule has 0 atom stereocenters. The number of halogens is 3. The summed E-state index contributed by atoms with van der Waals surface area (Å²) in [4.78, 5) is 15.5. The Balaban J connectivity index is 2.06. The Labute approximate surface area is 154 Å². The van der Waals surface area contributed by atoms with E-state index in [9.17, 15) is 22.0 Å². The van der Waals surface area contributed by atoms with Crippen LogP contribution in [0.25, 0.3) is 0 Å². The molecule has 2 aromatic rings. The van der Waals surface area contributed by atoms with Crippen LogP contribution in [0.3, 0.4) is 0 Å². The topological polar surface area (TPSA) is 85.4 Å². The van der Waals surface area contributed by atoms with Crippen molar-refractivity contribution in [2.75, 3.05) is 6.26 Å². The van der Waals surface area contributed by atoms with Crippen molar-refractivity contribution < 1.29 is 26.7 Å². The first-order valence-electron chi connectivity index (χ1n) is 7.23. The van der Waals surface area contributed by atoms with Crippen molar-refractivity contribution in [2.24, 2.45) is 0 Å². The van der Waals surface area contributed by atoms with Gasteiger partial charge in [0.2, 0.25) is 15.9 Å². The van der Waals surface area contributed by atoms with Gasteiger partial charge in [-0.2, -0.15) is 0 Å². The summed E-state index contributed by atoms with van der Waals surface area (Å²) >= 11 is 5.71. The summed E-state index contributed by atoms with van der Waals surface area (Å²) in [6.07, 6.45) is 1.96. The van der Waals surface area contributed by atoms with E-state index in [1.807, 2.05) is 4.72 Å². The van der Waals surface area contributed by atoms with Gasteiger partial charge >= 0.3 is 0 Å².